The Hall–Kier alpha value is -0.0800. The lowest BCUT2D eigenvalue weighted by Crippen LogP contribution is -2.41. The zero-order valence-electron chi connectivity index (χ0n) is 13.0. The SMILES string of the molecule is CCCCCCC(NCC)C1C(C)OC(C)C1C. The molecule has 1 fully saturated rings. The van der Waals surface area contributed by atoms with Crippen molar-refractivity contribution >= 4 is 0 Å². The third-order valence-corrected chi connectivity index (χ3v) is 4.62. The maximum absolute atomic E-state index is 6.00. The summed E-state index contributed by atoms with van der Waals surface area (Å²) in [6, 6.07) is 0.641. The Kier molecular flexibility index (Phi) is 7.25. The van der Waals surface area contributed by atoms with Crippen LogP contribution in [-0.4, -0.2) is 24.8 Å². The van der Waals surface area contributed by atoms with Gasteiger partial charge in [-0.2, -0.15) is 0 Å². The summed E-state index contributed by atoms with van der Waals surface area (Å²) in [5.41, 5.74) is 0. The standard InChI is InChI=1S/C16H33NO/c1-6-8-9-10-11-15(17-7-2)16-12(3)13(4)18-14(16)5/h12-17H,6-11H2,1-5H3. The van der Waals surface area contributed by atoms with Crippen molar-refractivity contribution in [1.82, 2.24) is 5.32 Å². The number of ether oxygens (including phenoxy) is 1. The fourth-order valence-corrected chi connectivity index (χ4v) is 3.47. The van der Waals surface area contributed by atoms with Crippen molar-refractivity contribution in [3.05, 3.63) is 0 Å². The summed E-state index contributed by atoms with van der Waals surface area (Å²) in [4.78, 5) is 0. The molecule has 0 saturated carbocycles. The highest BCUT2D eigenvalue weighted by molar-refractivity contribution is 4.91. The molecule has 1 rings (SSSR count). The molecule has 0 aromatic carbocycles. The van der Waals surface area contributed by atoms with E-state index in [1.54, 1.807) is 0 Å². The Bertz CT molecular complexity index is 219. The summed E-state index contributed by atoms with van der Waals surface area (Å²) in [5.74, 6) is 1.36. The molecule has 1 aliphatic rings. The Morgan fingerprint density at radius 1 is 1.00 bits per heavy atom. The topological polar surface area (TPSA) is 21.3 Å². The molecule has 5 atom stereocenters. The molecule has 0 bridgehead atoms. The summed E-state index contributed by atoms with van der Waals surface area (Å²) < 4.78 is 6.00. The van der Waals surface area contributed by atoms with E-state index in [-0.39, 0.29) is 0 Å². The first-order valence-corrected chi connectivity index (χ1v) is 8.00. The maximum atomic E-state index is 6.00. The average Bonchev–Trinajstić information content (AvgIpc) is 2.58. The average molecular weight is 255 g/mol. The summed E-state index contributed by atoms with van der Waals surface area (Å²) in [7, 11) is 0. The van der Waals surface area contributed by atoms with Crippen molar-refractivity contribution in [3.63, 3.8) is 0 Å². The van der Waals surface area contributed by atoms with Crippen molar-refractivity contribution in [3.8, 4) is 0 Å². The molecule has 1 saturated heterocycles. The number of unbranched alkanes of at least 4 members (excludes halogenated alkanes) is 3. The van der Waals surface area contributed by atoms with Gasteiger partial charge in [-0.3, -0.25) is 0 Å². The normalized spacial score (nSPS) is 33.8. The van der Waals surface area contributed by atoms with E-state index in [9.17, 15) is 0 Å². The smallest absolute Gasteiger partial charge is 0.0597 e. The van der Waals surface area contributed by atoms with Gasteiger partial charge < -0.3 is 10.1 Å². The zero-order chi connectivity index (χ0) is 13.5. The van der Waals surface area contributed by atoms with Gasteiger partial charge >= 0.3 is 0 Å². The Morgan fingerprint density at radius 3 is 2.22 bits per heavy atom. The molecule has 0 aromatic rings. The minimum Gasteiger partial charge on any atom is -0.375 e. The van der Waals surface area contributed by atoms with Crippen molar-refractivity contribution in [2.24, 2.45) is 11.8 Å². The molecule has 5 unspecified atom stereocenters. The summed E-state index contributed by atoms with van der Waals surface area (Å²) >= 11 is 0. The first-order chi connectivity index (χ1) is 8.61. The van der Waals surface area contributed by atoms with Crippen LogP contribution < -0.4 is 5.32 Å². The summed E-state index contributed by atoms with van der Waals surface area (Å²) in [6.45, 7) is 12.4. The van der Waals surface area contributed by atoms with Crippen LogP contribution in [0.5, 0.6) is 0 Å². The van der Waals surface area contributed by atoms with Gasteiger partial charge in [0.15, 0.2) is 0 Å². The van der Waals surface area contributed by atoms with Crippen LogP contribution in [0.2, 0.25) is 0 Å². The number of hydrogen-bond acceptors (Lipinski definition) is 2. The minimum atomic E-state index is 0.408. The Labute approximate surface area is 114 Å². The van der Waals surface area contributed by atoms with Gasteiger partial charge in [0, 0.05) is 12.0 Å². The van der Waals surface area contributed by atoms with Gasteiger partial charge in [0.1, 0.15) is 0 Å². The van der Waals surface area contributed by atoms with Gasteiger partial charge in [0.05, 0.1) is 12.2 Å². The number of rotatable bonds is 8. The molecule has 18 heavy (non-hydrogen) atoms. The lowest BCUT2D eigenvalue weighted by molar-refractivity contribution is 0.0471. The molecule has 1 heterocycles. The van der Waals surface area contributed by atoms with Gasteiger partial charge in [-0.1, -0.05) is 46.5 Å². The van der Waals surface area contributed by atoms with Crippen LogP contribution >= 0.6 is 0 Å². The molecule has 0 aromatic heterocycles. The molecular weight excluding hydrogens is 222 g/mol. The van der Waals surface area contributed by atoms with Crippen molar-refractivity contribution < 1.29 is 4.74 Å². The Morgan fingerprint density at radius 2 is 1.72 bits per heavy atom. The van der Waals surface area contributed by atoms with E-state index >= 15 is 0 Å². The predicted molar refractivity (Wildman–Crippen MR) is 78.9 cm³/mol. The monoisotopic (exact) mass is 255 g/mol. The Balaban J connectivity index is 2.49. The van der Waals surface area contributed by atoms with Gasteiger partial charge in [0.2, 0.25) is 0 Å². The van der Waals surface area contributed by atoms with E-state index < -0.39 is 0 Å². The third kappa shape index (κ3) is 4.24. The first kappa shape index (κ1) is 16.0. The maximum Gasteiger partial charge on any atom is 0.0597 e. The zero-order valence-corrected chi connectivity index (χ0v) is 13.0. The number of nitrogens with one attached hydrogen (secondary N) is 1. The van der Waals surface area contributed by atoms with Gasteiger partial charge in [-0.05, 0) is 32.7 Å². The predicted octanol–water partition coefficient (Wildman–Crippen LogP) is 3.99. The molecular formula is C16H33NO. The second-order valence-electron chi connectivity index (χ2n) is 6.00. The van der Waals surface area contributed by atoms with E-state index in [1.807, 2.05) is 0 Å². The molecule has 0 amide bonds. The van der Waals surface area contributed by atoms with Crippen molar-refractivity contribution in [1.29, 1.82) is 0 Å². The van der Waals surface area contributed by atoms with Gasteiger partial charge in [-0.15, -0.1) is 0 Å². The van der Waals surface area contributed by atoms with Crippen LogP contribution in [0, 0.1) is 11.8 Å². The van der Waals surface area contributed by atoms with Crippen LogP contribution in [0.15, 0.2) is 0 Å². The van der Waals surface area contributed by atoms with Crippen LogP contribution in [0.4, 0.5) is 0 Å². The van der Waals surface area contributed by atoms with Gasteiger partial charge in [0.25, 0.3) is 0 Å². The van der Waals surface area contributed by atoms with E-state index in [1.165, 1.54) is 32.1 Å². The van der Waals surface area contributed by atoms with E-state index in [4.69, 9.17) is 4.74 Å². The van der Waals surface area contributed by atoms with Crippen LogP contribution in [0.3, 0.4) is 0 Å². The lowest BCUT2D eigenvalue weighted by atomic mass is 9.81. The minimum absolute atomic E-state index is 0.408. The van der Waals surface area contributed by atoms with Crippen molar-refractivity contribution in [2.45, 2.75) is 85.0 Å². The molecule has 0 spiro atoms. The summed E-state index contributed by atoms with van der Waals surface area (Å²) in [5, 5.41) is 3.70. The highest BCUT2D eigenvalue weighted by atomic mass is 16.5. The second kappa shape index (κ2) is 8.16. The van der Waals surface area contributed by atoms with Crippen LogP contribution in [0.1, 0.15) is 66.7 Å². The third-order valence-electron chi connectivity index (χ3n) is 4.62. The van der Waals surface area contributed by atoms with Crippen LogP contribution in [-0.2, 0) is 4.74 Å². The van der Waals surface area contributed by atoms with Crippen molar-refractivity contribution in [2.75, 3.05) is 6.54 Å². The van der Waals surface area contributed by atoms with E-state index in [0.717, 1.165) is 6.54 Å². The fourth-order valence-electron chi connectivity index (χ4n) is 3.47. The number of hydrogen-bond donors (Lipinski definition) is 1. The van der Waals surface area contributed by atoms with Gasteiger partial charge in [-0.25, -0.2) is 0 Å². The summed E-state index contributed by atoms with van der Waals surface area (Å²) in [6.07, 6.45) is 7.57. The highest BCUT2D eigenvalue weighted by Gasteiger charge is 2.40. The molecule has 108 valence electrons. The first-order valence-electron chi connectivity index (χ1n) is 8.00. The largest absolute Gasteiger partial charge is 0.375 e. The van der Waals surface area contributed by atoms with Crippen LogP contribution in [0.25, 0.3) is 0 Å². The molecule has 0 radical (unpaired) electrons. The lowest BCUT2D eigenvalue weighted by Gasteiger charge is -2.29. The quantitative estimate of drug-likeness (QED) is 0.662. The molecule has 2 heteroatoms. The fraction of sp³-hybridized carbons (Fsp3) is 1.00. The van der Waals surface area contributed by atoms with E-state index in [0.29, 0.717) is 30.1 Å². The molecule has 1 aliphatic heterocycles. The highest BCUT2D eigenvalue weighted by Crippen LogP contribution is 2.35. The van der Waals surface area contributed by atoms with E-state index in [2.05, 4.69) is 39.9 Å². The molecule has 2 nitrogen and oxygen atoms in total. The molecule has 0 aliphatic carbocycles. The molecule has 1 N–H and O–H groups in total. The second-order valence-corrected chi connectivity index (χ2v) is 6.00.